The van der Waals surface area contributed by atoms with Gasteiger partial charge in [-0.3, -0.25) is 9.59 Å². The summed E-state index contributed by atoms with van der Waals surface area (Å²) in [6.07, 6.45) is 0. The molecule has 0 aliphatic rings. The SMILES string of the molecule is CC(=O)c1cccc(NC(=O)CSc2cc(F)ccc2F)c1. The molecule has 2 aromatic rings. The van der Waals surface area contributed by atoms with Crippen LogP contribution in [0.2, 0.25) is 0 Å². The average molecular weight is 321 g/mol. The Hall–Kier alpha value is -2.21. The molecular formula is C16H13F2NO2S. The first kappa shape index (κ1) is 16.2. The Morgan fingerprint density at radius 2 is 1.91 bits per heavy atom. The molecule has 3 nitrogen and oxygen atoms in total. The molecule has 0 unspecified atom stereocenters. The number of nitrogens with one attached hydrogen (secondary N) is 1. The van der Waals surface area contributed by atoms with E-state index < -0.39 is 11.6 Å². The van der Waals surface area contributed by atoms with Gasteiger partial charge in [-0.05, 0) is 37.3 Å². The second-order valence-electron chi connectivity index (χ2n) is 4.55. The van der Waals surface area contributed by atoms with Crippen LogP contribution in [-0.4, -0.2) is 17.4 Å². The lowest BCUT2D eigenvalue weighted by Crippen LogP contribution is -2.14. The van der Waals surface area contributed by atoms with E-state index in [1.165, 1.54) is 6.92 Å². The van der Waals surface area contributed by atoms with Crippen LogP contribution in [0.5, 0.6) is 0 Å². The highest BCUT2D eigenvalue weighted by Gasteiger charge is 2.09. The molecule has 0 spiro atoms. The maximum absolute atomic E-state index is 13.4. The van der Waals surface area contributed by atoms with E-state index in [1.54, 1.807) is 24.3 Å². The minimum Gasteiger partial charge on any atom is -0.325 e. The molecule has 0 aliphatic carbocycles. The van der Waals surface area contributed by atoms with E-state index in [4.69, 9.17) is 0 Å². The first-order valence-corrected chi connectivity index (χ1v) is 7.43. The number of carbonyl (C=O) groups is 2. The third kappa shape index (κ3) is 4.39. The van der Waals surface area contributed by atoms with Crippen molar-refractivity contribution >= 4 is 29.1 Å². The second kappa shape index (κ2) is 7.17. The minimum atomic E-state index is -0.572. The Bertz CT molecular complexity index is 719. The fourth-order valence-electron chi connectivity index (χ4n) is 1.74. The van der Waals surface area contributed by atoms with Gasteiger partial charge in [0.1, 0.15) is 11.6 Å². The van der Waals surface area contributed by atoms with Crippen LogP contribution in [0.4, 0.5) is 14.5 Å². The molecule has 0 bridgehead atoms. The lowest BCUT2D eigenvalue weighted by atomic mass is 10.1. The Labute approximate surface area is 130 Å². The Morgan fingerprint density at radius 3 is 2.64 bits per heavy atom. The van der Waals surface area contributed by atoms with Gasteiger partial charge in [-0.2, -0.15) is 0 Å². The molecule has 0 radical (unpaired) electrons. The van der Waals surface area contributed by atoms with E-state index in [0.29, 0.717) is 11.3 Å². The van der Waals surface area contributed by atoms with Gasteiger partial charge in [0.2, 0.25) is 5.91 Å². The summed E-state index contributed by atoms with van der Waals surface area (Å²) < 4.78 is 26.5. The van der Waals surface area contributed by atoms with Crippen LogP contribution < -0.4 is 5.32 Å². The largest absolute Gasteiger partial charge is 0.325 e. The topological polar surface area (TPSA) is 46.2 Å². The first-order valence-electron chi connectivity index (χ1n) is 6.44. The molecule has 0 aliphatic heterocycles. The highest BCUT2D eigenvalue weighted by Crippen LogP contribution is 2.23. The third-order valence-electron chi connectivity index (χ3n) is 2.80. The van der Waals surface area contributed by atoms with Crippen molar-refractivity contribution in [3.8, 4) is 0 Å². The molecule has 114 valence electrons. The standard InChI is InChI=1S/C16H13F2NO2S/c1-10(20)11-3-2-4-13(7-11)19-16(21)9-22-15-8-12(17)5-6-14(15)18/h2-8H,9H2,1H3,(H,19,21). The number of carbonyl (C=O) groups excluding carboxylic acids is 2. The van der Waals surface area contributed by atoms with Gasteiger partial charge in [0.05, 0.1) is 5.75 Å². The van der Waals surface area contributed by atoms with Crippen molar-refractivity contribution in [2.75, 3.05) is 11.1 Å². The molecule has 22 heavy (non-hydrogen) atoms. The Balaban J connectivity index is 1.97. The monoisotopic (exact) mass is 321 g/mol. The summed E-state index contributed by atoms with van der Waals surface area (Å²) in [5.74, 6) is -1.66. The number of anilines is 1. The zero-order chi connectivity index (χ0) is 16.1. The zero-order valence-corrected chi connectivity index (χ0v) is 12.5. The number of Topliss-reactive ketones (excluding diaryl/α,β-unsaturated/α-hetero) is 1. The van der Waals surface area contributed by atoms with E-state index >= 15 is 0 Å². The summed E-state index contributed by atoms with van der Waals surface area (Å²) in [6, 6.07) is 9.61. The average Bonchev–Trinajstić information content (AvgIpc) is 2.48. The molecule has 0 saturated heterocycles. The lowest BCUT2D eigenvalue weighted by molar-refractivity contribution is -0.113. The van der Waals surface area contributed by atoms with Crippen molar-refractivity contribution < 1.29 is 18.4 Å². The maximum atomic E-state index is 13.4. The van der Waals surface area contributed by atoms with Crippen LogP contribution in [0.1, 0.15) is 17.3 Å². The van der Waals surface area contributed by atoms with Gasteiger partial charge in [-0.1, -0.05) is 12.1 Å². The van der Waals surface area contributed by atoms with Gasteiger partial charge >= 0.3 is 0 Å². The number of thioether (sulfide) groups is 1. The maximum Gasteiger partial charge on any atom is 0.234 e. The van der Waals surface area contributed by atoms with Crippen LogP contribution in [0.25, 0.3) is 0 Å². The van der Waals surface area contributed by atoms with E-state index in [0.717, 1.165) is 30.0 Å². The predicted octanol–water partition coefficient (Wildman–Crippen LogP) is 3.90. The van der Waals surface area contributed by atoms with E-state index in [-0.39, 0.29) is 22.3 Å². The quantitative estimate of drug-likeness (QED) is 0.671. The molecule has 6 heteroatoms. The van der Waals surface area contributed by atoms with Crippen LogP contribution in [0, 0.1) is 11.6 Å². The number of benzene rings is 2. The molecule has 0 saturated carbocycles. The molecule has 2 rings (SSSR count). The number of hydrogen-bond acceptors (Lipinski definition) is 3. The highest BCUT2D eigenvalue weighted by atomic mass is 32.2. The first-order chi connectivity index (χ1) is 10.5. The van der Waals surface area contributed by atoms with Gasteiger partial charge in [0.15, 0.2) is 5.78 Å². The summed E-state index contributed by atoms with van der Waals surface area (Å²) in [5, 5.41) is 2.61. The fraction of sp³-hybridized carbons (Fsp3) is 0.125. The molecule has 1 amide bonds. The zero-order valence-electron chi connectivity index (χ0n) is 11.7. The summed E-state index contributed by atoms with van der Waals surface area (Å²) in [5.41, 5.74) is 0.972. The second-order valence-corrected chi connectivity index (χ2v) is 5.57. The van der Waals surface area contributed by atoms with Crippen LogP contribution >= 0.6 is 11.8 Å². The summed E-state index contributed by atoms with van der Waals surface area (Å²) in [7, 11) is 0. The molecule has 2 aromatic carbocycles. The predicted molar refractivity (Wildman–Crippen MR) is 82.2 cm³/mol. The van der Waals surface area contributed by atoms with Crippen molar-refractivity contribution in [3.05, 3.63) is 59.7 Å². The van der Waals surface area contributed by atoms with Gasteiger partial charge in [0, 0.05) is 16.1 Å². The van der Waals surface area contributed by atoms with Crippen molar-refractivity contribution in [3.63, 3.8) is 0 Å². The van der Waals surface area contributed by atoms with Crippen molar-refractivity contribution in [1.82, 2.24) is 0 Å². The van der Waals surface area contributed by atoms with Gasteiger partial charge < -0.3 is 5.32 Å². The van der Waals surface area contributed by atoms with Crippen LogP contribution in [0.15, 0.2) is 47.4 Å². The lowest BCUT2D eigenvalue weighted by Gasteiger charge is -2.07. The highest BCUT2D eigenvalue weighted by molar-refractivity contribution is 8.00. The number of halogens is 2. The molecule has 1 N–H and O–H groups in total. The van der Waals surface area contributed by atoms with Gasteiger partial charge in [0.25, 0.3) is 0 Å². The molecule has 0 atom stereocenters. The van der Waals surface area contributed by atoms with E-state index in [9.17, 15) is 18.4 Å². The van der Waals surface area contributed by atoms with E-state index in [2.05, 4.69) is 5.32 Å². The number of hydrogen-bond donors (Lipinski definition) is 1. The smallest absolute Gasteiger partial charge is 0.234 e. The van der Waals surface area contributed by atoms with Crippen molar-refractivity contribution in [1.29, 1.82) is 0 Å². The summed E-state index contributed by atoms with van der Waals surface area (Å²) in [6.45, 7) is 1.43. The molecular weight excluding hydrogens is 308 g/mol. The summed E-state index contributed by atoms with van der Waals surface area (Å²) >= 11 is 0.905. The number of rotatable bonds is 5. The number of ketones is 1. The van der Waals surface area contributed by atoms with Crippen molar-refractivity contribution in [2.45, 2.75) is 11.8 Å². The van der Waals surface area contributed by atoms with Crippen LogP contribution in [-0.2, 0) is 4.79 Å². The van der Waals surface area contributed by atoms with Crippen molar-refractivity contribution in [2.24, 2.45) is 0 Å². The van der Waals surface area contributed by atoms with Crippen LogP contribution in [0.3, 0.4) is 0 Å². The third-order valence-corrected chi connectivity index (χ3v) is 3.84. The summed E-state index contributed by atoms with van der Waals surface area (Å²) in [4.78, 5) is 23.2. The molecule has 0 heterocycles. The minimum absolute atomic E-state index is 0.0648. The molecule has 0 fully saturated rings. The Kier molecular flexibility index (Phi) is 5.27. The van der Waals surface area contributed by atoms with E-state index in [1.807, 2.05) is 0 Å². The molecule has 0 aromatic heterocycles. The number of amides is 1. The fourth-order valence-corrected chi connectivity index (χ4v) is 2.50. The van der Waals surface area contributed by atoms with Gasteiger partial charge in [-0.15, -0.1) is 11.8 Å². The van der Waals surface area contributed by atoms with Gasteiger partial charge in [-0.25, -0.2) is 8.78 Å². The Morgan fingerprint density at radius 1 is 1.14 bits per heavy atom. The normalized spacial score (nSPS) is 10.3.